The lowest BCUT2D eigenvalue weighted by atomic mass is 10.0. The molecule has 0 bridgehead atoms. The average Bonchev–Trinajstić information content (AvgIpc) is 3.04. The Kier molecular flexibility index (Phi) is 5.32. The van der Waals surface area contributed by atoms with Crippen molar-refractivity contribution in [2.75, 3.05) is 19.8 Å². The number of ether oxygens (including phenoxy) is 1. The van der Waals surface area contributed by atoms with E-state index in [0.717, 1.165) is 51.3 Å². The summed E-state index contributed by atoms with van der Waals surface area (Å²) < 4.78 is 7.75. The van der Waals surface area contributed by atoms with Crippen molar-refractivity contribution in [1.82, 2.24) is 19.8 Å². The van der Waals surface area contributed by atoms with E-state index in [4.69, 9.17) is 4.74 Å². The van der Waals surface area contributed by atoms with E-state index in [1.54, 1.807) is 12.4 Å². The fourth-order valence-electron chi connectivity index (χ4n) is 3.95. The molecule has 1 amide bonds. The smallest absolute Gasteiger partial charge is 0.226 e. The molecule has 6 nitrogen and oxygen atoms in total. The van der Waals surface area contributed by atoms with Crippen molar-refractivity contribution in [3.05, 3.63) is 54.1 Å². The van der Waals surface area contributed by atoms with E-state index in [0.29, 0.717) is 12.6 Å². The standard InChI is InChI=1S/C20H26N4O2/c25-20(22-12-16-3-1-7-21-11-16)17-13-23-8-2-4-19(23)15-24(14-17)18-5-9-26-10-6-18/h1-4,7-8,11,17-18H,5-6,9-10,12-15H2,(H,22,25)/t17-/m0/s1. The van der Waals surface area contributed by atoms with Gasteiger partial charge in [-0.25, -0.2) is 0 Å². The van der Waals surface area contributed by atoms with E-state index < -0.39 is 0 Å². The molecule has 1 atom stereocenters. The van der Waals surface area contributed by atoms with E-state index in [2.05, 4.69) is 38.1 Å². The normalized spacial score (nSPS) is 21.8. The Hall–Kier alpha value is -2.18. The van der Waals surface area contributed by atoms with Gasteiger partial charge < -0.3 is 14.6 Å². The third-order valence-corrected chi connectivity index (χ3v) is 5.43. The van der Waals surface area contributed by atoms with Gasteiger partial charge in [0.05, 0.1) is 5.92 Å². The van der Waals surface area contributed by atoms with Crippen LogP contribution in [0.25, 0.3) is 0 Å². The van der Waals surface area contributed by atoms with E-state index >= 15 is 0 Å². The molecule has 4 rings (SSSR count). The van der Waals surface area contributed by atoms with Gasteiger partial charge in [-0.3, -0.25) is 14.7 Å². The van der Waals surface area contributed by atoms with Crippen LogP contribution < -0.4 is 5.32 Å². The summed E-state index contributed by atoms with van der Waals surface area (Å²) >= 11 is 0. The van der Waals surface area contributed by atoms with Crippen LogP contribution in [0.2, 0.25) is 0 Å². The highest BCUT2D eigenvalue weighted by atomic mass is 16.5. The van der Waals surface area contributed by atoms with Gasteiger partial charge in [-0.05, 0) is 36.6 Å². The quantitative estimate of drug-likeness (QED) is 0.910. The van der Waals surface area contributed by atoms with Crippen molar-refractivity contribution in [3.63, 3.8) is 0 Å². The van der Waals surface area contributed by atoms with Crippen molar-refractivity contribution < 1.29 is 9.53 Å². The van der Waals surface area contributed by atoms with Crippen LogP contribution in [0.3, 0.4) is 0 Å². The molecule has 138 valence electrons. The first-order valence-corrected chi connectivity index (χ1v) is 9.42. The summed E-state index contributed by atoms with van der Waals surface area (Å²) in [5.74, 6) is 0.0654. The maximum Gasteiger partial charge on any atom is 0.226 e. The number of amides is 1. The number of pyridine rings is 1. The van der Waals surface area contributed by atoms with E-state index in [1.807, 2.05) is 12.1 Å². The Balaban J connectivity index is 1.46. The number of aromatic nitrogens is 2. The van der Waals surface area contributed by atoms with Gasteiger partial charge in [-0.1, -0.05) is 6.07 Å². The van der Waals surface area contributed by atoms with Gasteiger partial charge in [0.25, 0.3) is 0 Å². The zero-order valence-electron chi connectivity index (χ0n) is 15.0. The molecular weight excluding hydrogens is 328 g/mol. The first kappa shape index (κ1) is 17.2. The Bertz CT molecular complexity index is 724. The number of carbonyl (C=O) groups is 1. The van der Waals surface area contributed by atoms with Crippen LogP contribution in [0.4, 0.5) is 0 Å². The molecule has 6 heteroatoms. The maximum absolute atomic E-state index is 12.9. The summed E-state index contributed by atoms with van der Waals surface area (Å²) in [4.78, 5) is 19.5. The Morgan fingerprint density at radius 2 is 2.12 bits per heavy atom. The van der Waals surface area contributed by atoms with Crippen molar-refractivity contribution >= 4 is 5.91 Å². The van der Waals surface area contributed by atoms with Crippen LogP contribution in [0.1, 0.15) is 24.1 Å². The summed E-state index contributed by atoms with van der Waals surface area (Å²) in [5, 5.41) is 3.10. The SMILES string of the molecule is O=C(NCc1cccnc1)[C@@H]1CN(C2CCOCC2)Cc2cccn2C1. The van der Waals surface area contributed by atoms with Gasteiger partial charge in [0.2, 0.25) is 5.91 Å². The lowest BCUT2D eigenvalue weighted by Gasteiger charge is -2.34. The van der Waals surface area contributed by atoms with Gasteiger partial charge in [-0.15, -0.1) is 0 Å². The number of nitrogens with one attached hydrogen (secondary N) is 1. The molecule has 0 spiro atoms. The second-order valence-electron chi connectivity index (χ2n) is 7.20. The molecule has 0 saturated carbocycles. The van der Waals surface area contributed by atoms with Crippen molar-refractivity contribution in [3.8, 4) is 0 Å². The minimum atomic E-state index is -0.0526. The zero-order valence-corrected chi connectivity index (χ0v) is 15.0. The topological polar surface area (TPSA) is 59.4 Å². The van der Waals surface area contributed by atoms with Crippen molar-refractivity contribution in [2.24, 2.45) is 5.92 Å². The van der Waals surface area contributed by atoms with Crippen LogP contribution in [0, 0.1) is 5.92 Å². The Morgan fingerprint density at radius 1 is 1.23 bits per heavy atom. The zero-order chi connectivity index (χ0) is 17.8. The number of nitrogens with zero attached hydrogens (tertiary/aromatic N) is 3. The van der Waals surface area contributed by atoms with Crippen LogP contribution in [-0.4, -0.2) is 46.2 Å². The number of rotatable bonds is 4. The molecule has 1 N–H and O–H groups in total. The van der Waals surface area contributed by atoms with Crippen molar-refractivity contribution in [1.29, 1.82) is 0 Å². The van der Waals surface area contributed by atoms with Gasteiger partial charge in [0.15, 0.2) is 0 Å². The third-order valence-electron chi connectivity index (χ3n) is 5.43. The maximum atomic E-state index is 12.9. The molecule has 26 heavy (non-hydrogen) atoms. The summed E-state index contributed by atoms with van der Waals surface area (Å²) in [7, 11) is 0. The highest BCUT2D eigenvalue weighted by Crippen LogP contribution is 2.23. The Morgan fingerprint density at radius 3 is 2.92 bits per heavy atom. The van der Waals surface area contributed by atoms with Gasteiger partial charge in [-0.2, -0.15) is 0 Å². The van der Waals surface area contributed by atoms with Crippen LogP contribution >= 0.6 is 0 Å². The molecule has 1 saturated heterocycles. The molecule has 0 aliphatic carbocycles. The molecule has 4 heterocycles. The molecule has 1 fully saturated rings. The lowest BCUT2D eigenvalue weighted by molar-refractivity contribution is -0.126. The summed E-state index contributed by atoms with van der Waals surface area (Å²) in [6, 6.07) is 8.62. The number of carbonyl (C=O) groups excluding carboxylic acids is 1. The molecule has 2 aliphatic heterocycles. The monoisotopic (exact) mass is 354 g/mol. The van der Waals surface area contributed by atoms with Crippen LogP contribution in [0.15, 0.2) is 42.9 Å². The van der Waals surface area contributed by atoms with E-state index in [9.17, 15) is 4.79 Å². The average molecular weight is 354 g/mol. The highest BCUT2D eigenvalue weighted by molar-refractivity contribution is 5.78. The first-order chi connectivity index (χ1) is 12.8. The van der Waals surface area contributed by atoms with Crippen LogP contribution in [-0.2, 0) is 29.2 Å². The molecule has 0 radical (unpaired) electrons. The fourth-order valence-corrected chi connectivity index (χ4v) is 3.95. The second kappa shape index (κ2) is 8.01. The molecule has 2 aromatic rings. The summed E-state index contributed by atoms with van der Waals surface area (Å²) in [5.41, 5.74) is 2.32. The molecule has 0 unspecified atom stereocenters. The largest absolute Gasteiger partial charge is 0.381 e. The minimum absolute atomic E-state index is 0.0526. The van der Waals surface area contributed by atoms with Crippen molar-refractivity contribution in [2.45, 2.75) is 38.5 Å². The predicted molar refractivity (Wildman–Crippen MR) is 98.3 cm³/mol. The molecule has 0 aromatic carbocycles. The van der Waals surface area contributed by atoms with Gasteiger partial charge in [0.1, 0.15) is 0 Å². The second-order valence-corrected chi connectivity index (χ2v) is 7.20. The van der Waals surface area contributed by atoms with Gasteiger partial charge in [0, 0.05) is 69.7 Å². The summed E-state index contributed by atoms with van der Waals surface area (Å²) in [6.45, 7) is 4.61. The predicted octanol–water partition coefficient (Wildman–Crippen LogP) is 1.81. The first-order valence-electron chi connectivity index (χ1n) is 9.42. The molecular formula is C20H26N4O2. The molecule has 2 aromatic heterocycles. The number of hydrogen-bond donors (Lipinski definition) is 1. The number of hydrogen-bond acceptors (Lipinski definition) is 4. The summed E-state index contributed by atoms with van der Waals surface area (Å²) in [6.07, 6.45) is 7.72. The van der Waals surface area contributed by atoms with E-state index in [-0.39, 0.29) is 11.8 Å². The fraction of sp³-hybridized carbons (Fsp3) is 0.500. The Labute approximate surface area is 154 Å². The minimum Gasteiger partial charge on any atom is -0.381 e. The van der Waals surface area contributed by atoms with Crippen LogP contribution in [0.5, 0.6) is 0 Å². The molecule has 2 aliphatic rings. The third kappa shape index (κ3) is 3.97. The van der Waals surface area contributed by atoms with E-state index in [1.165, 1.54) is 5.69 Å². The van der Waals surface area contributed by atoms with Gasteiger partial charge >= 0.3 is 0 Å². The number of fused-ring (bicyclic) bond motifs is 1. The lowest BCUT2D eigenvalue weighted by Crippen LogP contribution is -2.44. The highest BCUT2D eigenvalue weighted by Gasteiger charge is 2.31.